The van der Waals surface area contributed by atoms with Crippen molar-refractivity contribution in [2.45, 2.75) is 59.5 Å². The molecule has 150 valence electrons. The molecule has 5 N–H and O–H groups in total. The number of amides is 1. The lowest BCUT2D eigenvalue weighted by Crippen LogP contribution is -2.41. The number of hydrogen-bond acceptors (Lipinski definition) is 4. The number of nitrogens with two attached hydrogens (primary N) is 2. The molecular formula is C22H35N3O2. The molecule has 3 atom stereocenters. The van der Waals surface area contributed by atoms with E-state index in [-0.39, 0.29) is 12.5 Å². The highest BCUT2D eigenvalue weighted by Gasteiger charge is 2.39. The molecule has 0 aromatic rings. The van der Waals surface area contributed by atoms with Crippen molar-refractivity contribution in [3.63, 3.8) is 0 Å². The largest absolute Gasteiger partial charge is 0.388 e. The number of nitriles is 1. The van der Waals surface area contributed by atoms with Gasteiger partial charge in [0.25, 0.3) is 0 Å². The molecule has 0 heterocycles. The summed E-state index contributed by atoms with van der Waals surface area (Å²) in [6.45, 7) is 7.99. The highest BCUT2D eigenvalue weighted by Crippen LogP contribution is 2.42. The minimum Gasteiger partial charge on any atom is -0.388 e. The smallest absolute Gasteiger partial charge is 0.221 e. The number of allylic oxidation sites excluding steroid dienone is 2. The SMILES string of the molecule is C/C=C(\CC1CC1)C(C(O)C(/C=C(/C#N)CC)=C/CN)C(C(N)=O)C(C)C. The third kappa shape index (κ3) is 6.64. The van der Waals surface area contributed by atoms with Crippen LogP contribution in [0.4, 0.5) is 0 Å². The Balaban J connectivity index is 3.40. The van der Waals surface area contributed by atoms with Gasteiger partial charge in [-0.15, -0.1) is 0 Å². The second-order valence-corrected chi connectivity index (χ2v) is 7.73. The lowest BCUT2D eigenvalue weighted by Gasteiger charge is -2.34. The Labute approximate surface area is 163 Å². The van der Waals surface area contributed by atoms with E-state index in [1.165, 1.54) is 12.8 Å². The van der Waals surface area contributed by atoms with E-state index in [0.717, 1.165) is 12.0 Å². The monoisotopic (exact) mass is 373 g/mol. The Morgan fingerprint density at radius 1 is 1.33 bits per heavy atom. The van der Waals surface area contributed by atoms with Crippen LogP contribution in [0, 0.1) is 35.0 Å². The number of hydrogen-bond donors (Lipinski definition) is 3. The Kier molecular flexibility index (Phi) is 9.48. The second-order valence-electron chi connectivity index (χ2n) is 7.73. The maximum Gasteiger partial charge on any atom is 0.221 e. The predicted octanol–water partition coefficient (Wildman–Crippen LogP) is 3.21. The lowest BCUT2D eigenvalue weighted by molar-refractivity contribution is -0.125. The van der Waals surface area contributed by atoms with E-state index in [2.05, 4.69) is 6.07 Å². The van der Waals surface area contributed by atoms with Crippen LogP contribution in [0.25, 0.3) is 0 Å². The number of primary amides is 1. The van der Waals surface area contributed by atoms with E-state index < -0.39 is 23.8 Å². The van der Waals surface area contributed by atoms with Gasteiger partial charge < -0.3 is 16.6 Å². The summed E-state index contributed by atoms with van der Waals surface area (Å²) in [6.07, 6.45) is 8.31. The van der Waals surface area contributed by atoms with Gasteiger partial charge in [0.2, 0.25) is 5.91 Å². The van der Waals surface area contributed by atoms with Crippen molar-refractivity contribution in [3.8, 4) is 6.07 Å². The highest BCUT2D eigenvalue weighted by molar-refractivity contribution is 5.78. The van der Waals surface area contributed by atoms with Crippen molar-refractivity contribution < 1.29 is 9.90 Å². The van der Waals surface area contributed by atoms with E-state index in [1.54, 1.807) is 12.2 Å². The van der Waals surface area contributed by atoms with Gasteiger partial charge in [-0.2, -0.15) is 5.26 Å². The molecule has 1 amide bonds. The molecule has 0 bridgehead atoms. The summed E-state index contributed by atoms with van der Waals surface area (Å²) in [7, 11) is 0. The van der Waals surface area contributed by atoms with Crippen LogP contribution in [-0.4, -0.2) is 23.7 Å². The van der Waals surface area contributed by atoms with Gasteiger partial charge in [0.05, 0.1) is 12.2 Å². The van der Waals surface area contributed by atoms with Crippen LogP contribution in [0.1, 0.15) is 53.4 Å². The Morgan fingerprint density at radius 2 is 1.96 bits per heavy atom. The molecule has 27 heavy (non-hydrogen) atoms. The molecule has 1 aliphatic carbocycles. The number of nitrogens with zero attached hydrogens (tertiary/aromatic N) is 1. The number of carbonyl (C=O) groups is 1. The summed E-state index contributed by atoms with van der Waals surface area (Å²) in [5, 5.41) is 20.6. The Hall–Kier alpha value is -1.90. The zero-order chi connectivity index (χ0) is 20.6. The predicted molar refractivity (Wildman–Crippen MR) is 109 cm³/mol. The van der Waals surface area contributed by atoms with Crippen molar-refractivity contribution >= 4 is 5.91 Å². The zero-order valence-corrected chi connectivity index (χ0v) is 17.1. The van der Waals surface area contributed by atoms with E-state index in [1.807, 2.05) is 33.8 Å². The number of aliphatic hydroxyl groups excluding tert-OH is 1. The fraction of sp³-hybridized carbons (Fsp3) is 0.636. The molecule has 1 fully saturated rings. The summed E-state index contributed by atoms with van der Waals surface area (Å²) < 4.78 is 0. The third-order valence-electron chi connectivity index (χ3n) is 5.35. The zero-order valence-electron chi connectivity index (χ0n) is 17.1. The van der Waals surface area contributed by atoms with Crippen molar-refractivity contribution in [1.82, 2.24) is 0 Å². The first kappa shape index (κ1) is 23.1. The maximum atomic E-state index is 12.3. The second kappa shape index (κ2) is 11.1. The van der Waals surface area contributed by atoms with Gasteiger partial charge in [-0.05, 0) is 56.1 Å². The average molecular weight is 374 g/mol. The average Bonchev–Trinajstić information content (AvgIpc) is 3.44. The first-order chi connectivity index (χ1) is 12.8. The molecule has 0 aliphatic heterocycles. The molecule has 5 nitrogen and oxygen atoms in total. The van der Waals surface area contributed by atoms with Crippen molar-refractivity contribution in [2.75, 3.05) is 6.54 Å². The summed E-state index contributed by atoms with van der Waals surface area (Å²) in [6, 6.07) is 2.16. The topological polar surface area (TPSA) is 113 Å². The van der Waals surface area contributed by atoms with Gasteiger partial charge in [-0.25, -0.2) is 0 Å². The summed E-state index contributed by atoms with van der Waals surface area (Å²) in [4.78, 5) is 12.3. The number of aliphatic hydroxyl groups is 1. The molecule has 0 aromatic heterocycles. The molecule has 1 rings (SSSR count). The van der Waals surface area contributed by atoms with Crippen molar-refractivity contribution in [3.05, 3.63) is 34.9 Å². The minimum atomic E-state index is -0.937. The summed E-state index contributed by atoms with van der Waals surface area (Å²) in [5.41, 5.74) is 13.7. The first-order valence-electron chi connectivity index (χ1n) is 9.93. The molecule has 0 spiro atoms. The number of carbonyl (C=O) groups excluding carboxylic acids is 1. The van der Waals surface area contributed by atoms with Gasteiger partial charge in [-0.3, -0.25) is 4.79 Å². The van der Waals surface area contributed by atoms with Crippen molar-refractivity contribution in [1.29, 1.82) is 5.26 Å². The minimum absolute atomic E-state index is 0.0129. The van der Waals surface area contributed by atoms with E-state index in [9.17, 15) is 15.2 Å². The Morgan fingerprint density at radius 3 is 2.33 bits per heavy atom. The first-order valence-corrected chi connectivity index (χ1v) is 9.93. The van der Waals surface area contributed by atoms with Crippen LogP contribution < -0.4 is 11.5 Å². The highest BCUT2D eigenvalue weighted by atomic mass is 16.3. The Bertz CT molecular complexity index is 636. The van der Waals surface area contributed by atoms with E-state index in [0.29, 0.717) is 23.5 Å². The molecule has 1 aliphatic rings. The fourth-order valence-electron chi connectivity index (χ4n) is 3.67. The maximum absolute atomic E-state index is 12.3. The summed E-state index contributed by atoms with van der Waals surface area (Å²) in [5.74, 6) is -0.711. The normalized spacial score (nSPS) is 19.6. The lowest BCUT2D eigenvalue weighted by atomic mass is 9.72. The van der Waals surface area contributed by atoms with E-state index in [4.69, 9.17) is 11.5 Å². The summed E-state index contributed by atoms with van der Waals surface area (Å²) >= 11 is 0. The molecule has 0 radical (unpaired) electrons. The molecule has 0 saturated heterocycles. The van der Waals surface area contributed by atoms with E-state index >= 15 is 0 Å². The van der Waals surface area contributed by atoms with Crippen LogP contribution in [0.3, 0.4) is 0 Å². The number of rotatable bonds is 11. The quantitative estimate of drug-likeness (QED) is 0.293. The molecular weight excluding hydrogens is 338 g/mol. The van der Waals surface area contributed by atoms with Gasteiger partial charge in [-0.1, -0.05) is 38.5 Å². The third-order valence-corrected chi connectivity index (χ3v) is 5.35. The molecule has 5 heteroatoms. The van der Waals surface area contributed by atoms with Crippen LogP contribution >= 0.6 is 0 Å². The van der Waals surface area contributed by atoms with Crippen LogP contribution in [-0.2, 0) is 4.79 Å². The van der Waals surface area contributed by atoms with Gasteiger partial charge in [0, 0.05) is 24.0 Å². The van der Waals surface area contributed by atoms with Crippen LogP contribution in [0.2, 0.25) is 0 Å². The molecule has 0 aromatic carbocycles. The van der Waals surface area contributed by atoms with Crippen LogP contribution in [0.15, 0.2) is 34.9 Å². The fourth-order valence-corrected chi connectivity index (χ4v) is 3.67. The molecule has 3 unspecified atom stereocenters. The van der Waals surface area contributed by atoms with Crippen LogP contribution in [0.5, 0.6) is 0 Å². The van der Waals surface area contributed by atoms with Crippen molar-refractivity contribution in [2.24, 2.45) is 35.1 Å². The van der Waals surface area contributed by atoms with Gasteiger partial charge in [0.15, 0.2) is 0 Å². The van der Waals surface area contributed by atoms with Gasteiger partial charge >= 0.3 is 0 Å². The molecule has 1 saturated carbocycles. The standard InChI is InChI=1S/C22H35N3O2/c1-5-15(13-24)11-18(9-10-23)21(26)20(19(14(3)4)22(25)27)17(6-2)12-16-7-8-16/h6,9,11,14,16,19-21,26H,5,7-8,10,12,23H2,1-4H3,(H2,25,27)/b15-11+,17-6+,18-9+. The van der Waals surface area contributed by atoms with Gasteiger partial charge in [0.1, 0.15) is 0 Å².